The van der Waals surface area contributed by atoms with Crippen LogP contribution in [0, 0.1) is 17.9 Å². The van der Waals surface area contributed by atoms with Crippen LogP contribution in [0.4, 0.5) is 4.39 Å². The second-order valence-electron chi connectivity index (χ2n) is 14.7. The summed E-state index contributed by atoms with van der Waals surface area (Å²) in [5, 5.41) is 5.39. The number of pyridine rings is 1. The molecule has 0 aliphatic rings. The summed E-state index contributed by atoms with van der Waals surface area (Å²) in [6.07, 6.45) is 1.98. The second-order valence-corrected chi connectivity index (χ2v) is 19.7. The Morgan fingerprint density at radius 1 is 0.815 bits per heavy atom. The van der Waals surface area contributed by atoms with Crippen molar-refractivity contribution in [1.29, 1.82) is 0 Å². The number of nitrogens with zero attached hydrogens (tertiary/aromatic N) is 3. The molecule has 3 heterocycles. The van der Waals surface area contributed by atoms with Crippen molar-refractivity contribution in [2.45, 2.75) is 45.9 Å². The number of furan rings is 1. The molecule has 1 radical (unpaired) electrons. The number of halogens is 1. The molecule has 9 rings (SSSR count). The van der Waals surface area contributed by atoms with Gasteiger partial charge in [0.1, 0.15) is 11.4 Å². The summed E-state index contributed by atoms with van der Waals surface area (Å²) in [5.41, 5.74) is 8.08. The zero-order valence-corrected chi connectivity index (χ0v) is 34.3. The molecule has 0 saturated heterocycles. The molecule has 0 fully saturated rings. The molecular weight excluding hydrogens is 862 g/mol. The summed E-state index contributed by atoms with van der Waals surface area (Å²) < 4.78 is 30.7. The van der Waals surface area contributed by atoms with E-state index in [1.165, 1.54) is 22.9 Å². The molecule has 6 aromatic carbocycles. The third-order valence-electron chi connectivity index (χ3n) is 9.65. The maximum Gasteiger partial charge on any atom is 0.126 e. The van der Waals surface area contributed by atoms with Gasteiger partial charge in [-0.05, 0) is 57.4 Å². The molecule has 0 N–H and O–H groups in total. The van der Waals surface area contributed by atoms with Gasteiger partial charge < -0.3 is 14.0 Å². The predicted octanol–water partition coefficient (Wildman–Crippen LogP) is 12.0. The van der Waals surface area contributed by atoms with Crippen molar-refractivity contribution in [3.05, 3.63) is 163 Å². The minimum Gasteiger partial charge on any atom is -0.500 e. The number of benzene rings is 6. The van der Waals surface area contributed by atoms with E-state index in [1.807, 2.05) is 80.7 Å². The topological polar surface area (TPSA) is 43.9 Å². The summed E-state index contributed by atoms with van der Waals surface area (Å²) in [4.78, 5) is 9.67. The molecule has 0 amide bonds. The molecule has 7 heteroatoms. The van der Waals surface area contributed by atoms with Gasteiger partial charge in [0, 0.05) is 45.7 Å². The first-order valence-corrected chi connectivity index (χ1v) is 21.4. The van der Waals surface area contributed by atoms with Crippen LogP contribution in [0.5, 0.6) is 0 Å². The van der Waals surface area contributed by atoms with Crippen molar-refractivity contribution < 1.29 is 30.3 Å². The fourth-order valence-corrected chi connectivity index (χ4v) is 8.56. The molecule has 4 nitrogen and oxygen atoms in total. The van der Waals surface area contributed by atoms with E-state index in [-0.39, 0.29) is 25.9 Å². The van der Waals surface area contributed by atoms with Crippen molar-refractivity contribution in [3.63, 3.8) is 0 Å². The van der Waals surface area contributed by atoms with Gasteiger partial charge >= 0.3 is 0 Å². The van der Waals surface area contributed by atoms with E-state index in [4.69, 9.17) is 10.8 Å². The van der Waals surface area contributed by atoms with E-state index in [2.05, 4.69) is 89.9 Å². The van der Waals surface area contributed by atoms with Crippen molar-refractivity contribution in [2.75, 3.05) is 0 Å². The Balaban J connectivity index is 0.000000191. The van der Waals surface area contributed by atoms with Crippen LogP contribution in [-0.2, 0) is 26.7 Å². The second kappa shape index (κ2) is 15.3. The first-order chi connectivity index (χ1) is 25.9. The van der Waals surface area contributed by atoms with Gasteiger partial charge in [0.2, 0.25) is 0 Å². The third kappa shape index (κ3) is 7.32. The number of hydrogen-bond donors (Lipinski definition) is 0. The Morgan fingerprint density at radius 3 is 2.28 bits per heavy atom. The molecule has 0 unspecified atom stereocenters. The maximum atomic E-state index is 13.9. The average Bonchev–Trinajstić information content (AvgIpc) is 3.71. The quantitative estimate of drug-likeness (QED) is 0.123. The Morgan fingerprint density at radius 2 is 1.56 bits per heavy atom. The molecule has 0 spiro atoms. The average molecular weight is 903 g/mol. The molecule has 9 aromatic rings. The molecule has 0 aliphatic heterocycles. The van der Waals surface area contributed by atoms with E-state index in [9.17, 15) is 4.39 Å². The van der Waals surface area contributed by atoms with Crippen LogP contribution in [0.15, 0.2) is 138 Å². The Kier molecular flexibility index (Phi) is 10.1. The van der Waals surface area contributed by atoms with Crippen LogP contribution in [0.2, 0.25) is 19.6 Å². The molecule has 0 bridgehead atoms. The summed E-state index contributed by atoms with van der Waals surface area (Å²) in [5.74, 6) is -0.151. The van der Waals surface area contributed by atoms with E-state index >= 15 is 0 Å². The van der Waals surface area contributed by atoms with Crippen LogP contribution in [0.1, 0.15) is 32.2 Å². The van der Waals surface area contributed by atoms with Crippen LogP contribution < -0.4 is 5.19 Å². The number of hydrogen-bond acceptors (Lipinski definition) is 3. The Bertz CT molecular complexity index is 2790. The summed E-state index contributed by atoms with van der Waals surface area (Å²) in [6.45, 7) is 11.5. The molecular formula is C47H40FIrN3OSi-2. The first-order valence-electron chi connectivity index (χ1n) is 18.4. The van der Waals surface area contributed by atoms with Crippen molar-refractivity contribution in [2.24, 2.45) is 0 Å². The molecule has 3 aromatic heterocycles. The third-order valence-corrected chi connectivity index (χ3v) is 11.7. The van der Waals surface area contributed by atoms with Gasteiger partial charge in [-0.2, -0.15) is 0 Å². The zero-order chi connectivity index (χ0) is 37.6. The number of rotatable bonds is 6. The van der Waals surface area contributed by atoms with Crippen molar-refractivity contribution >= 4 is 57.0 Å². The van der Waals surface area contributed by atoms with E-state index in [0.717, 1.165) is 60.8 Å². The molecule has 0 atom stereocenters. The maximum absolute atomic E-state index is 13.9. The van der Waals surface area contributed by atoms with Crippen LogP contribution >= 0.6 is 0 Å². The minimum absolute atomic E-state index is 0. The van der Waals surface area contributed by atoms with E-state index < -0.39 is 14.0 Å². The number of imidazole rings is 1. The number of aromatic nitrogens is 3. The molecule has 0 aliphatic carbocycles. The Hall–Kier alpha value is -5.20. The van der Waals surface area contributed by atoms with Gasteiger partial charge in [-0.1, -0.05) is 111 Å². The smallest absolute Gasteiger partial charge is 0.126 e. The SMILES string of the molecule is Fc1ccc2c(c1)oc1c(-c3nc4cc5ccccc5cc4n3Cc3ccccc3)[c-]ccc12.[2H]C(C)(C)c1cc(-c2[c-]cccc2)ncc1[Si](C)(C)C.[Ir]. The van der Waals surface area contributed by atoms with E-state index in [1.54, 1.807) is 6.07 Å². The van der Waals surface area contributed by atoms with Crippen molar-refractivity contribution in [3.8, 4) is 22.6 Å². The summed E-state index contributed by atoms with van der Waals surface area (Å²) >= 11 is 0. The fraction of sp³-hybridized carbons (Fsp3) is 0.149. The summed E-state index contributed by atoms with van der Waals surface area (Å²) in [7, 11) is -1.50. The standard InChI is InChI=1S/C30H18FN2O.C17H22NSi.Ir/c31-22-13-14-23-24-11-6-12-25(29(24)34-28(23)17-22)30-32-26-15-20-9-4-5-10-21(20)16-27(26)33(30)18-19-7-2-1-3-8-19;1-13(2)15-11-16(14-9-7-6-8-10-14)18-12-17(15)19(3,4)5;/h1-11,13-17H,18H2;6-9,11-13H,1-5H3;/q2*-1;/i;13D;. The Labute approximate surface area is 331 Å². The van der Waals surface area contributed by atoms with Crippen LogP contribution in [0.25, 0.3) is 66.4 Å². The monoisotopic (exact) mass is 903 g/mol. The zero-order valence-electron chi connectivity index (χ0n) is 31.9. The van der Waals surface area contributed by atoms with Gasteiger partial charge in [-0.25, -0.2) is 4.39 Å². The molecule has 271 valence electrons. The molecule has 0 saturated carbocycles. The van der Waals surface area contributed by atoms with Crippen LogP contribution in [0.3, 0.4) is 0 Å². The predicted molar refractivity (Wildman–Crippen MR) is 220 cm³/mol. The van der Waals surface area contributed by atoms with Gasteiger partial charge in [0.25, 0.3) is 0 Å². The normalized spacial score (nSPS) is 12.1. The van der Waals surface area contributed by atoms with Crippen molar-refractivity contribution in [1.82, 2.24) is 14.5 Å². The van der Waals surface area contributed by atoms with Gasteiger partial charge in [-0.15, -0.1) is 54.1 Å². The van der Waals surface area contributed by atoms with Gasteiger partial charge in [0.05, 0.1) is 30.5 Å². The molecule has 54 heavy (non-hydrogen) atoms. The fourth-order valence-electron chi connectivity index (χ4n) is 6.98. The largest absolute Gasteiger partial charge is 0.500 e. The first kappa shape index (κ1) is 35.8. The number of fused-ring (bicyclic) bond motifs is 5. The van der Waals surface area contributed by atoms with Gasteiger partial charge in [0.15, 0.2) is 0 Å². The summed E-state index contributed by atoms with van der Waals surface area (Å²) in [6, 6.07) is 48.0. The van der Waals surface area contributed by atoms with Crippen LogP contribution in [-0.4, -0.2) is 22.6 Å². The van der Waals surface area contributed by atoms with Gasteiger partial charge in [-0.3, -0.25) is 4.98 Å². The minimum atomic E-state index is -1.50. The van der Waals surface area contributed by atoms with E-state index in [0.29, 0.717) is 17.7 Å².